The normalized spacial score (nSPS) is 15.5. The van der Waals surface area contributed by atoms with Crippen LogP contribution in [-0.2, 0) is 0 Å². The molecule has 6 heteroatoms. The summed E-state index contributed by atoms with van der Waals surface area (Å²) >= 11 is 12.3. The van der Waals surface area contributed by atoms with E-state index in [9.17, 15) is 0 Å². The van der Waals surface area contributed by atoms with Crippen molar-refractivity contribution in [2.45, 2.75) is 38.1 Å². The quantitative estimate of drug-likeness (QED) is 0.798. The molecule has 0 saturated heterocycles. The highest BCUT2D eigenvalue weighted by Crippen LogP contribution is 2.31. The minimum Gasteiger partial charge on any atom is -0.367 e. The van der Waals surface area contributed by atoms with Crippen LogP contribution in [0.5, 0.6) is 0 Å². The van der Waals surface area contributed by atoms with E-state index in [0.29, 0.717) is 27.7 Å². The second-order valence-corrected chi connectivity index (χ2v) is 6.28. The molecule has 0 spiro atoms. The summed E-state index contributed by atoms with van der Waals surface area (Å²) in [6.07, 6.45) is 8.02. The summed E-state index contributed by atoms with van der Waals surface area (Å²) in [6, 6.07) is 7.74. The molecule has 0 radical (unpaired) electrons. The molecular weight excluding hydrogens is 319 g/mol. The number of halogens is 2. The van der Waals surface area contributed by atoms with E-state index in [1.165, 1.54) is 32.1 Å². The van der Waals surface area contributed by atoms with Gasteiger partial charge in [-0.3, -0.25) is 0 Å². The van der Waals surface area contributed by atoms with Gasteiger partial charge in [0.15, 0.2) is 0 Å². The zero-order chi connectivity index (χ0) is 15.4. The molecule has 2 N–H and O–H groups in total. The van der Waals surface area contributed by atoms with E-state index in [-0.39, 0.29) is 0 Å². The Hall–Kier alpha value is -1.52. The molecule has 1 heterocycles. The van der Waals surface area contributed by atoms with Gasteiger partial charge < -0.3 is 10.6 Å². The summed E-state index contributed by atoms with van der Waals surface area (Å²) in [4.78, 5) is 8.72. The third kappa shape index (κ3) is 3.81. The van der Waals surface area contributed by atoms with Gasteiger partial charge in [-0.25, -0.2) is 4.98 Å². The maximum absolute atomic E-state index is 6.16. The summed E-state index contributed by atoms with van der Waals surface area (Å²) in [5.41, 5.74) is 0.626. The molecule has 0 unspecified atom stereocenters. The van der Waals surface area contributed by atoms with Crippen LogP contribution >= 0.6 is 23.2 Å². The third-order valence-corrected chi connectivity index (χ3v) is 4.44. The van der Waals surface area contributed by atoms with Crippen molar-refractivity contribution in [3.05, 3.63) is 40.5 Å². The van der Waals surface area contributed by atoms with Crippen LogP contribution in [0.3, 0.4) is 0 Å². The molecule has 1 aromatic carbocycles. The van der Waals surface area contributed by atoms with Crippen molar-refractivity contribution in [1.82, 2.24) is 9.97 Å². The Labute approximate surface area is 140 Å². The smallest absolute Gasteiger partial charge is 0.229 e. The maximum atomic E-state index is 6.16. The molecule has 1 aromatic heterocycles. The lowest BCUT2D eigenvalue weighted by molar-refractivity contribution is 0.462. The Morgan fingerprint density at radius 1 is 1.00 bits per heavy atom. The van der Waals surface area contributed by atoms with Gasteiger partial charge in [-0.15, -0.1) is 0 Å². The van der Waals surface area contributed by atoms with Crippen molar-refractivity contribution in [3.63, 3.8) is 0 Å². The van der Waals surface area contributed by atoms with Crippen molar-refractivity contribution in [3.8, 4) is 0 Å². The van der Waals surface area contributed by atoms with Crippen LogP contribution in [0.25, 0.3) is 0 Å². The number of nitrogens with one attached hydrogen (secondary N) is 2. The molecule has 22 heavy (non-hydrogen) atoms. The van der Waals surface area contributed by atoms with E-state index in [2.05, 4.69) is 20.6 Å². The second-order valence-electron chi connectivity index (χ2n) is 5.47. The number of para-hydroxylation sites is 1. The van der Waals surface area contributed by atoms with Crippen LogP contribution in [0.2, 0.25) is 10.0 Å². The number of anilines is 3. The largest absolute Gasteiger partial charge is 0.367 e. The minimum absolute atomic E-state index is 0.482. The van der Waals surface area contributed by atoms with Crippen molar-refractivity contribution < 1.29 is 0 Å². The fraction of sp³-hybridized carbons (Fsp3) is 0.375. The molecule has 116 valence electrons. The molecule has 3 rings (SSSR count). The van der Waals surface area contributed by atoms with Gasteiger partial charge in [0.2, 0.25) is 5.95 Å². The van der Waals surface area contributed by atoms with E-state index in [0.717, 1.165) is 5.82 Å². The number of rotatable bonds is 4. The van der Waals surface area contributed by atoms with Gasteiger partial charge in [-0.2, -0.15) is 4.98 Å². The van der Waals surface area contributed by atoms with Crippen molar-refractivity contribution in [2.75, 3.05) is 10.6 Å². The van der Waals surface area contributed by atoms with Crippen molar-refractivity contribution in [2.24, 2.45) is 0 Å². The Bertz CT molecular complexity index is 622. The molecule has 4 nitrogen and oxygen atoms in total. The van der Waals surface area contributed by atoms with Crippen LogP contribution in [0.1, 0.15) is 32.1 Å². The Kier molecular flexibility index (Phi) is 5.01. The van der Waals surface area contributed by atoms with Gasteiger partial charge in [0.25, 0.3) is 0 Å². The summed E-state index contributed by atoms with van der Waals surface area (Å²) in [5, 5.41) is 7.66. The predicted octanol–water partition coefficient (Wildman–Crippen LogP) is 5.27. The van der Waals surface area contributed by atoms with E-state index in [1.807, 2.05) is 6.07 Å². The number of benzene rings is 1. The van der Waals surface area contributed by atoms with Crippen molar-refractivity contribution in [1.29, 1.82) is 0 Å². The number of hydrogen-bond donors (Lipinski definition) is 2. The molecule has 2 aromatic rings. The zero-order valence-corrected chi connectivity index (χ0v) is 13.7. The van der Waals surface area contributed by atoms with Gasteiger partial charge in [-0.05, 0) is 31.0 Å². The second kappa shape index (κ2) is 7.16. The average molecular weight is 337 g/mol. The predicted molar refractivity (Wildman–Crippen MR) is 92.3 cm³/mol. The fourth-order valence-electron chi connectivity index (χ4n) is 2.68. The number of aromatic nitrogens is 2. The van der Waals surface area contributed by atoms with Gasteiger partial charge in [0.05, 0.1) is 15.7 Å². The minimum atomic E-state index is 0.482. The first-order valence-corrected chi connectivity index (χ1v) is 8.28. The summed E-state index contributed by atoms with van der Waals surface area (Å²) in [7, 11) is 0. The third-order valence-electron chi connectivity index (χ3n) is 3.81. The molecule has 1 fully saturated rings. The van der Waals surface area contributed by atoms with Gasteiger partial charge in [0.1, 0.15) is 5.82 Å². The lowest BCUT2D eigenvalue weighted by Crippen LogP contribution is -2.22. The molecule has 1 aliphatic rings. The zero-order valence-electron chi connectivity index (χ0n) is 12.1. The average Bonchev–Trinajstić information content (AvgIpc) is 2.53. The molecule has 1 aliphatic carbocycles. The lowest BCUT2D eigenvalue weighted by Gasteiger charge is -2.23. The monoisotopic (exact) mass is 336 g/mol. The fourth-order valence-corrected chi connectivity index (χ4v) is 3.18. The lowest BCUT2D eigenvalue weighted by atomic mass is 9.95. The highest BCUT2D eigenvalue weighted by Gasteiger charge is 2.14. The molecular formula is C16H18Cl2N4. The highest BCUT2D eigenvalue weighted by atomic mass is 35.5. The number of hydrogen-bond acceptors (Lipinski definition) is 4. The standard InChI is InChI=1S/C16H18Cl2N4/c17-12-7-4-8-13(18)15(12)22-16-19-10-9-14(21-16)20-11-5-2-1-3-6-11/h4,7-11H,1-3,5-6H2,(H2,19,20,21,22). The first-order chi connectivity index (χ1) is 10.7. The van der Waals surface area contributed by atoms with Gasteiger partial charge in [0, 0.05) is 12.2 Å². The maximum Gasteiger partial charge on any atom is 0.229 e. The van der Waals surface area contributed by atoms with Crippen LogP contribution in [-0.4, -0.2) is 16.0 Å². The van der Waals surface area contributed by atoms with Gasteiger partial charge in [-0.1, -0.05) is 48.5 Å². The van der Waals surface area contributed by atoms with E-state index in [4.69, 9.17) is 23.2 Å². The molecule has 0 amide bonds. The van der Waals surface area contributed by atoms with E-state index in [1.54, 1.807) is 24.4 Å². The number of nitrogens with zero attached hydrogens (tertiary/aromatic N) is 2. The topological polar surface area (TPSA) is 49.8 Å². The van der Waals surface area contributed by atoms with E-state index >= 15 is 0 Å². The molecule has 1 saturated carbocycles. The Balaban J connectivity index is 1.73. The summed E-state index contributed by atoms with van der Waals surface area (Å²) in [6.45, 7) is 0. The molecule has 0 bridgehead atoms. The highest BCUT2D eigenvalue weighted by molar-refractivity contribution is 6.39. The first-order valence-electron chi connectivity index (χ1n) is 7.53. The Morgan fingerprint density at radius 3 is 2.45 bits per heavy atom. The van der Waals surface area contributed by atoms with E-state index < -0.39 is 0 Å². The first kappa shape index (κ1) is 15.4. The van der Waals surface area contributed by atoms with Crippen LogP contribution in [0.15, 0.2) is 30.5 Å². The van der Waals surface area contributed by atoms with Crippen molar-refractivity contribution >= 4 is 40.7 Å². The molecule has 0 aliphatic heterocycles. The molecule has 0 atom stereocenters. The van der Waals surface area contributed by atoms with Gasteiger partial charge >= 0.3 is 0 Å². The van der Waals surface area contributed by atoms with Crippen LogP contribution in [0, 0.1) is 0 Å². The Morgan fingerprint density at radius 2 is 1.73 bits per heavy atom. The van der Waals surface area contributed by atoms with Crippen LogP contribution < -0.4 is 10.6 Å². The SMILES string of the molecule is Clc1cccc(Cl)c1Nc1nccc(NC2CCCCC2)n1. The summed E-state index contributed by atoms with van der Waals surface area (Å²) < 4.78 is 0. The van der Waals surface area contributed by atoms with Crippen LogP contribution in [0.4, 0.5) is 17.5 Å². The summed E-state index contributed by atoms with van der Waals surface area (Å²) in [5.74, 6) is 1.31.